The SMILES string of the molecule is CN(C)c1ccc(CNC(=O)c2cccc(S(=O)(=O)Nc3ccccc3F)c2)cn1. The first-order valence-electron chi connectivity index (χ1n) is 9.04. The van der Waals surface area contributed by atoms with E-state index in [1.807, 2.05) is 31.1 Å². The predicted molar refractivity (Wildman–Crippen MR) is 113 cm³/mol. The van der Waals surface area contributed by atoms with Crippen LogP contribution in [0.25, 0.3) is 0 Å². The number of hydrogen-bond acceptors (Lipinski definition) is 5. The third-order valence-electron chi connectivity index (χ3n) is 4.25. The van der Waals surface area contributed by atoms with Gasteiger partial charge in [-0.15, -0.1) is 0 Å². The summed E-state index contributed by atoms with van der Waals surface area (Å²) in [6.45, 7) is 0.240. The number of nitrogens with one attached hydrogen (secondary N) is 2. The standard InChI is InChI=1S/C21H21FN4O3S/c1-26(2)20-11-10-15(13-23-20)14-24-21(27)16-6-5-7-17(12-16)30(28,29)25-19-9-4-3-8-18(19)22/h3-13,25H,14H2,1-2H3,(H,24,27). The van der Waals surface area contributed by atoms with Crippen molar-refractivity contribution in [1.82, 2.24) is 10.3 Å². The van der Waals surface area contributed by atoms with Crippen molar-refractivity contribution in [3.63, 3.8) is 0 Å². The minimum Gasteiger partial charge on any atom is -0.363 e. The van der Waals surface area contributed by atoms with E-state index in [-0.39, 0.29) is 22.7 Å². The minimum atomic E-state index is -4.06. The minimum absolute atomic E-state index is 0.143. The molecule has 2 N–H and O–H groups in total. The topological polar surface area (TPSA) is 91.4 Å². The molecular weight excluding hydrogens is 407 g/mol. The number of para-hydroxylation sites is 1. The van der Waals surface area contributed by atoms with Crippen molar-refractivity contribution in [2.75, 3.05) is 23.7 Å². The smallest absolute Gasteiger partial charge is 0.262 e. The van der Waals surface area contributed by atoms with E-state index in [0.29, 0.717) is 0 Å². The molecule has 3 rings (SSSR count). The number of aromatic nitrogens is 1. The van der Waals surface area contributed by atoms with Gasteiger partial charge in [0.15, 0.2) is 0 Å². The Morgan fingerprint density at radius 1 is 1.07 bits per heavy atom. The van der Waals surface area contributed by atoms with E-state index in [9.17, 15) is 17.6 Å². The van der Waals surface area contributed by atoms with E-state index in [1.165, 1.54) is 42.5 Å². The van der Waals surface area contributed by atoms with Crippen molar-refractivity contribution < 1.29 is 17.6 Å². The van der Waals surface area contributed by atoms with Gasteiger partial charge in [0.25, 0.3) is 15.9 Å². The highest BCUT2D eigenvalue weighted by Crippen LogP contribution is 2.19. The number of sulfonamides is 1. The van der Waals surface area contributed by atoms with Crippen molar-refractivity contribution in [1.29, 1.82) is 0 Å². The molecular formula is C21H21FN4O3S. The highest BCUT2D eigenvalue weighted by atomic mass is 32.2. The predicted octanol–water partition coefficient (Wildman–Crippen LogP) is 3.02. The third-order valence-corrected chi connectivity index (χ3v) is 5.61. The largest absolute Gasteiger partial charge is 0.363 e. The molecule has 1 aromatic heterocycles. The first kappa shape index (κ1) is 21.3. The molecule has 1 amide bonds. The van der Waals surface area contributed by atoms with Gasteiger partial charge < -0.3 is 10.2 Å². The number of nitrogens with zero attached hydrogens (tertiary/aromatic N) is 2. The molecule has 0 atom stereocenters. The number of pyridine rings is 1. The van der Waals surface area contributed by atoms with E-state index in [1.54, 1.807) is 6.20 Å². The molecule has 0 aliphatic heterocycles. The number of rotatable bonds is 7. The lowest BCUT2D eigenvalue weighted by molar-refractivity contribution is 0.0950. The van der Waals surface area contributed by atoms with Crippen LogP contribution in [-0.2, 0) is 16.6 Å². The second-order valence-electron chi connectivity index (χ2n) is 6.71. The summed E-state index contributed by atoms with van der Waals surface area (Å²) >= 11 is 0. The third kappa shape index (κ3) is 5.12. The molecule has 0 radical (unpaired) electrons. The maximum Gasteiger partial charge on any atom is 0.262 e. The summed E-state index contributed by atoms with van der Waals surface area (Å²) in [5, 5.41) is 2.73. The number of hydrogen-bond donors (Lipinski definition) is 2. The fourth-order valence-electron chi connectivity index (χ4n) is 2.62. The van der Waals surface area contributed by atoms with Gasteiger partial charge in [-0.3, -0.25) is 9.52 Å². The summed E-state index contributed by atoms with van der Waals surface area (Å²) in [4.78, 5) is 18.5. The number of halogens is 1. The van der Waals surface area contributed by atoms with Gasteiger partial charge in [-0.1, -0.05) is 24.3 Å². The number of carbonyl (C=O) groups excluding carboxylic acids is 1. The molecule has 0 unspecified atom stereocenters. The van der Waals surface area contributed by atoms with Crippen LogP contribution in [0.3, 0.4) is 0 Å². The molecule has 0 bridgehead atoms. The number of amides is 1. The molecule has 0 spiro atoms. The van der Waals surface area contributed by atoms with Crippen LogP contribution in [0, 0.1) is 5.82 Å². The monoisotopic (exact) mass is 428 g/mol. The van der Waals surface area contributed by atoms with Crippen LogP contribution in [0.2, 0.25) is 0 Å². The van der Waals surface area contributed by atoms with Gasteiger partial charge in [0.2, 0.25) is 0 Å². The Kier molecular flexibility index (Phi) is 6.31. The van der Waals surface area contributed by atoms with Crippen molar-refractivity contribution in [3.05, 3.63) is 83.8 Å². The van der Waals surface area contributed by atoms with Crippen LogP contribution >= 0.6 is 0 Å². The molecule has 2 aromatic carbocycles. The Bertz CT molecular complexity index is 1150. The molecule has 0 aliphatic carbocycles. The molecule has 1 heterocycles. The van der Waals surface area contributed by atoms with Gasteiger partial charge >= 0.3 is 0 Å². The van der Waals surface area contributed by atoms with E-state index >= 15 is 0 Å². The van der Waals surface area contributed by atoms with Crippen LogP contribution in [-0.4, -0.2) is 33.4 Å². The summed E-state index contributed by atoms with van der Waals surface area (Å²) in [5.41, 5.74) is 0.809. The van der Waals surface area contributed by atoms with Crippen molar-refractivity contribution in [2.24, 2.45) is 0 Å². The number of carbonyl (C=O) groups is 1. The second kappa shape index (κ2) is 8.91. The van der Waals surface area contributed by atoms with Crippen LogP contribution in [0.15, 0.2) is 71.8 Å². The molecule has 0 saturated carbocycles. The molecule has 0 fully saturated rings. The Morgan fingerprint density at radius 2 is 1.83 bits per heavy atom. The highest BCUT2D eigenvalue weighted by Gasteiger charge is 2.18. The maximum absolute atomic E-state index is 13.8. The van der Waals surface area contributed by atoms with Gasteiger partial charge in [0.1, 0.15) is 11.6 Å². The zero-order valence-corrected chi connectivity index (χ0v) is 17.3. The maximum atomic E-state index is 13.8. The lowest BCUT2D eigenvalue weighted by Gasteiger charge is -2.12. The first-order chi connectivity index (χ1) is 14.3. The zero-order valence-electron chi connectivity index (χ0n) is 16.5. The van der Waals surface area contributed by atoms with Crippen LogP contribution in [0.5, 0.6) is 0 Å². The summed E-state index contributed by atoms with van der Waals surface area (Å²) in [6.07, 6.45) is 1.66. The average molecular weight is 428 g/mol. The quantitative estimate of drug-likeness (QED) is 0.604. The molecule has 0 saturated heterocycles. The molecule has 3 aromatic rings. The zero-order chi connectivity index (χ0) is 21.7. The van der Waals surface area contributed by atoms with Gasteiger partial charge in [0.05, 0.1) is 10.6 Å². The fourth-order valence-corrected chi connectivity index (χ4v) is 3.74. The molecule has 9 heteroatoms. The van der Waals surface area contributed by atoms with E-state index < -0.39 is 21.7 Å². The Morgan fingerprint density at radius 3 is 2.50 bits per heavy atom. The van der Waals surface area contributed by atoms with E-state index in [4.69, 9.17) is 0 Å². The summed E-state index contributed by atoms with van der Waals surface area (Å²) in [6, 6.07) is 14.7. The summed E-state index contributed by atoms with van der Waals surface area (Å²) in [7, 11) is -0.295. The number of benzene rings is 2. The first-order valence-corrected chi connectivity index (χ1v) is 10.5. The molecule has 7 nitrogen and oxygen atoms in total. The van der Waals surface area contributed by atoms with Crippen LogP contribution < -0.4 is 14.9 Å². The average Bonchev–Trinajstić information content (AvgIpc) is 2.74. The lowest BCUT2D eigenvalue weighted by atomic mass is 10.2. The van der Waals surface area contributed by atoms with Gasteiger partial charge in [-0.25, -0.2) is 17.8 Å². The van der Waals surface area contributed by atoms with Gasteiger partial charge in [-0.05, 0) is 42.0 Å². The van der Waals surface area contributed by atoms with Crippen LogP contribution in [0.4, 0.5) is 15.9 Å². The summed E-state index contributed by atoms with van der Waals surface area (Å²) < 4.78 is 41.1. The number of anilines is 2. The van der Waals surface area contributed by atoms with E-state index in [2.05, 4.69) is 15.0 Å². The molecule has 0 aliphatic rings. The Labute approximate surface area is 174 Å². The fraction of sp³-hybridized carbons (Fsp3) is 0.143. The molecule has 30 heavy (non-hydrogen) atoms. The van der Waals surface area contributed by atoms with Gasteiger partial charge in [0, 0.05) is 32.4 Å². The van der Waals surface area contributed by atoms with E-state index in [0.717, 1.165) is 17.4 Å². The normalized spacial score (nSPS) is 11.0. The summed E-state index contributed by atoms with van der Waals surface area (Å²) in [5.74, 6) is -0.330. The van der Waals surface area contributed by atoms with Crippen molar-refractivity contribution >= 4 is 27.4 Å². The highest BCUT2D eigenvalue weighted by molar-refractivity contribution is 7.92. The van der Waals surface area contributed by atoms with Crippen LogP contribution in [0.1, 0.15) is 15.9 Å². The van der Waals surface area contributed by atoms with Crippen molar-refractivity contribution in [2.45, 2.75) is 11.4 Å². The Hall–Kier alpha value is -3.46. The van der Waals surface area contributed by atoms with Gasteiger partial charge in [-0.2, -0.15) is 0 Å². The lowest BCUT2D eigenvalue weighted by Crippen LogP contribution is -2.23. The van der Waals surface area contributed by atoms with Crippen molar-refractivity contribution in [3.8, 4) is 0 Å². The second-order valence-corrected chi connectivity index (χ2v) is 8.40. The molecule has 156 valence electrons. The Balaban J connectivity index is 1.71.